The summed E-state index contributed by atoms with van der Waals surface area (Å²) < 4.78 is 45.8. The maximum absolute atomic E-state index is 13.7. The summed E-state index contributed by atoms with van der Waals surface area (Å²) in [6.45, 7) is 5.71. The molecule has 1 aliphatic heterocycles. The molecule has 0 bridgehead atoms. The van der Waals surface area contributed by atoms with Crippen LogP contribution in [-0.2, 0) is 23.9 Å². The molecule has 8 nitrogen and oxygen atoms in total. The second-order valence-corrected chi connectivity index (χ2v) is 9.79. The molecular formula is C24H32F3N3O5. The molecule has 0 radical (unpaired) electrons. The number of hydrogen-bond donors (Lipinski definition) is 3. The van der Waals surface area contributed by atoms with Crippen LogP contribution < -0.4 is 16.0 Å². The van der Waals surface area contributed by atoms with Crippen molar-refractivity contribution in [3.63, 3.8) is 0 Å². The molecule has 4 atom stereocenters. The topological polar surface area (TPSA) is 114 Å². The van der Waals surface area contributed by atoms with Crippen molar-refractivity contribution in [3.8, 4) is 0 Å². The Morgan fingerprint density at radius 2 is 1.74 bits per heavy atom. The molecule has 1 saturated heterocycles. The van der Waals surface area contributed by atoms with Crippen LogP contribution in [0.4, 0.5) is 13.2 Å². The maximum Gasteiger partial charge on any atom is 0.396 e. The van der Waals surface area contributed by atoms with Crippen molar-refractivity contribution in [1.29, 1.82) is 0 Å². The summed E-state index contributed by atoms with van der Waals surface area (Å²) in [6, 6.07) is 4.53. The van der Waals surface area contributed by atoms with Gasteiger partial charge in [-0.1, -0.05) is 51.1 Å². The normalized spacial score (nSPS) is 18.7. The van der Waals surface area contributed by atoms with E-state index in [2.05, 4.69) is 16.0 Å². The SMILES string of the molecule is COC(=O)[C@@H](NC(=O)[C@H](CC(C)(C)C)NC(=O)CC(c1ccccc1)C(F)(F)F)[C@@H]1CCNC1=O. The molecule has 1 heterocycles. The summed E-state index contributed by atoms with van der Waals surface area (Å²) in [4.78, 5) is 50.2. The maximum atomic E-state index is 13.7. The molecule has 2 rings (SSSR count). The number of amides is 3. The highest BCUT2D eigenvalue weighted by atomic mass is 19.4. The van der Waals surface area contributed by atoms with Crippen molar-refractivity contribution in [2.24, 2.45) is 11.3 Å². The Bertz CT molecular complexity index is 915. The lowest BCUT2D eigenvalue weighted by atomic mass is 9.87. The predicted molar refractivity (Wildman–Crippen MR) is 121 cm³/mol. The van der Waals surface area contributed by atoms with Crippen LogP contribution in [0.5, 0.6) is 0 Å². The minimum absolute atomic E-state index is 0.0648. The lowest BCUT2D eigenvalue weighted by Gasteiger charge is -2.29. The molecule has 3 N–H and O–H groups in total. The highest BCUT2D eigenvalue weighted by Gasteiger charge is 2.43. The van der Waals surface area contributed by atoms with Gasteiger partial charge in [0.15, 0.2) is 0 Å². The summed E-state index contributed by atoms with van der Waals surface area (Å²) in [5.41, 5.74) is -0.561. The van der Waals surface area contributed by atoms with Gasteiger partial charge >= 0.3 is 12.1 Å². The van der Waals surface area contributed by atoms with Gasteiger partial charge in [-0.25, -0.2) is 4.79 Å². The standard InChI is InChI=1S/C24H32F3N3O5/c1-23(2,3)13-17(21(33)30-19(22(34)35-4)15-10-11-28-20(15)32)29-18(31)12-16(24(25,26)27)14-8-6-5-7-9-14/h5-9,15-17,19H,10-13H2,1-4H3,(H,28,32)(H,29,31)(H,30,33)/t15-,16?,17-,19-/m0/s1. The third kappa shape index (κ3) is 8.25. The molecule has 1 aromatic rings. The zero-order valence-electron chi connectivity index (χ0n) is 20.2. The van der Waals surface area contributed by atoms with Crippen molar-refractivity contribution in [3.05, 3.63) is 35.9 Å². The van der Waals surface area contributed by atoms with Gasteiger partial charge in [0.05, 0.1) is 18.9 Å². The molecular weight excluding hydrogens is 467 g/mol. The third-order valence-electron chi connectivity index (χ3n) is 5.70. The van der Waals surface area contributed by atoms with E-state index in [1.54, 1.807) is 26.8 Å². The number of methoxy groups -OCH3 is 1. The summed E-state index contributed by atoms with van der Waals surface area (Å²) in [6.07, 6.45) is -5.21. The fraction of sp³-hybridized carbons (Fsp3) is 0.583. The fourth-order valence-corrected chi connectivity index (χ4v) is 4.00. The number of benzene rings is 1. The smallest absolute Gasteiger partial charge is 0.396 e. The van der Waals surface area contributed by atoms with Gasteiger partial charge in [-0.2, -0.15) is 13.2 Å². The van der Waals surface area contributed by atoms with E-state index in [0.717, 1.165) is 7.11 Å². The molecule has 3 amide bonds. The number of carbonyl (C=O) groups is 4. The van der Waals surface area contributed by atoms with Gasteiger partial charge in [-0.15, -0.1) is 0 Å². The lowest BCUT2D eigenvalue weighted by molar-refractivity contribution is -0.157. The number of ether oxygens (including phenoxy) is 1. The highest BCUT2D eigenvalue weighted by Crippen LogP contribution is 2.37. The molecule has 0 aromatic heterocycles. The molecule has 1 unspecified atom stereocenters. The van der Waals surface area contributed by atoms with E-state index in [-0.39, 0.29) is 12.0 Å². The average Bonchev–Trinajstić information content (AvgIpc) is 3.19. The minimum Gasteiger partial charge on any atom is -0.467 e. The quantitative estimate of drug-likeness (QED) is 0.452. The van der Waals surface area contributed by atoms with Gasteiger partial charge in [0.25, 0.3) is 0 Å². The van der Waals surface area contributed by atoms with Crippen LogP contribution in [0.2, 0.25) is 0 Å². The van der Waals surface area contributed by atoms with Gasteiger partial charge in [0, 0.05) is 13.0 Å². The Kier molecular flexibility index (Phi) is 9.28. The average molecular weight is 500 g/mol. The van der Waals surface area contributed by atoms with E-state index in [1.165, 1.54) is 24.3 Å². The molecule has 1 aromatic carbocycles. The first kappa shape index (κ1) is 28.1. The zero-order valence-corrected chi connectivity index (χ0v) is 20.2. The van der Waals surface area contributed by atoms with Crippen LogP contribution >= 0.6 is 0 Å². The van der Waals surface area contributed by atoms with Crippen LogP contribution in [0.3, 0.4) is 0 Å². The molecule has 194 valence electrons. The Morgan fingerprint density at radius 1 is 1.11 bits per heavy atom. The number of carbonyl (C=O) groups excluding carboxylic acids is 4. The fourth-order valence-electron chi connectivity index (χ4n) is 4.00. The summed E-state index contributed by atoms with van der Waals surface area (Å²) in [7, 11) is 1.11. The van der Waals surface area contributed by atoms with Crippen LogP contribution in [0.1, 0.15) is 51.5 Å². The summed E-state index contributed by atoms with van der Waals surface area (Å²) in [5, 5.41) is 7.46. The molecule has 11 heteroatoms. The van der Waals surface area contributed by atoms with E-state index < -0.39 is 65.6 Å². The van der Waals surface area contributed by atoms with Gasteiger partial charge in [0.2, 0.25) is 17.7 Å². The molecule has 0 saturated carbocycles. The van der Waals surface area contributed by atoms with Crippen molar-refractivity contribution in [2.75, 3.05) is 13.7 Å². The number of rotatable bonds is 9. The van der Waals surface area contributed by atoms with Crippen molar-refractivity contribution >= 4 is 23.7 Å². The second-order valence-electron chi connectivity index (χ2n) is 9.79. The number of nitrogens with one attached hydrogen (secondary N) is 3. The first-order valence-electron chi connectivity index (χ1n) is 11.3. The number of alkyl halides is 3. The highest BCUT2D eigenvalue weighted by molar-refractivity contribution is 5.94. The second kappa shape index (κ2) is 11.5. The van der Waals surface area contributed by atoms with E-state index >= 15 is 0 Å². The first-order valence-corrected chi connectivity index (χ1v) is 11.3. The summed E-state index contributed by atoms with van der Waals surface area (Å²) >= 11 is 0. The Labute approximate surface area is 202 Å². The van der Waals surface area contributed by atoms with E-state index in [4.69, 9.17) is 4.74 Å². The Balaban J connectivity index is 2.22. The molecule has 0 spiro atoms. The van der Waals surface area contributed by atoms with Gasteiger partial charge in [-0.05, 0) is 23.8 Å². The van der Waals surface area contributed by atoms with Crippen molar-refractivity contribution < 1.29 is 37.1 Å². The molecule has 1 fully saturated rings. The van der Waals surface area contributed by atoms with Crippen LogP contribution in [0.15, 0.2) is 30.3 Å². The summed E-state index contributed by atoms with van der Waals surface area (Å²) in [5.74, 6) is -5.91. The van der Waals surface area contributed by atoms with Crippen molar-refractivity contribution in [1.82, 2.24) is 16.0 Å². The third-order valence-corrected chi connectivity index (χ3v) is 5.70. The number of hydrogen-bond acceptors (Lipinski definition) is 5. The minimum atomic E-state index is -4.67. The van der Waals surface area contributed by atoms with Crippen molar-refractivity contribution in [2.45, 2.75) is 64.2 Å². The van der Waals surface area contributed by atoms with Crippen LogP contribution in [0, 0.1) is 11.3 Å². The van der Waals surface area contributed by atoms with E-state index in [0.29, 0.717) is 13.0 Å². The lowest BCUT2D eigenvalue weighted by Crippen LogP contribution is -2.56. The number of esters is 1. The van der Waals surface area contributed by atoms with Gasteiger partial charge in [-0.3, -0.25) is 14.4 Å². The monoisotopic (exact) mass is 499 g/mol. The predicted octanol–water partition coefficient (Wildman–Crippen LogP) is 2.44. The van der Waals surface area contributed by atoms with Crippen LogP contribution in [0.25, 0.3) is 0 Å². The molecule has 0 aliphatic carbocycles. The number of halogens is 3. The van der Waals surface area contributed by atoms with Gasteiger partial charge < -0.3 is 20.7 Å². The van der Waals surface area contributed by atoms with E-state index in [9.17, 15) is 32.3 Å². The molecule has 35 heavy (non-hydrogen) atoms. The van der Waals surface area contributed by atoms with E-state index in [1.807, 2.05) is 0 Å². The largest absolute Gasteiger partial charge is 0.467 e. The Morgan fingerprint density at radius 3 is 2.23 bits per heavy atom. The first-order chi connectivity index (χ1) is 16.2. The van der Waals surface area contributed by atoms with Crippen LogP contribution in [-0.4, -0.2) is 55.6 Å². The Hall–Kier alpha value is -3.11. The molecule has 1 aliphatic rings. The van der Waals surface area contributed by atoms with Gasteiger partial charge in [0.1, 0.15) is 12.1 Å². The zero-order chi connectivity index (χ0) is 26.4.